The highest BCUT2D eigenvalue weighted by molar-refractivity contribution is 5.63. The number of aromatic nitrogens is 1. The lowest BCUT2D eigenvalue weighted by molar-refractivity contribution is 0.758. The molecule has 3 heteroatoms. The summed E-state index contributed by atoms with van der Waals surface area (Å²) in [6, 6.07) is 14.4. The lowest BCUT2D eigenvalue weighted by Gasteiger charge is -2.27. The van der Waals surface area contributed by atoms with Gasteiger partial charge in [-0.1, -0.05) is 37.6 Å². The maximum absolute atomic E-state index is 6.09. The van der Waals surface area contributed by atoms with Gasteiger partial charge in [-0.2, -0.15) is 0 Å². The molecule has 2 N–H and O–H groups in total. The van der Waals surface area contributed by atoms with Crippen molar-refractivity contribution in [2.24, 2.45) is 5.73 Å². The van der Waals surface area contributed by atoms with Crippen molar-refractivity contribution in [3.8, 4) is 0 Å². The van der Waals surface area contributed by atoms with Gasteiger partial charge in [-0.15, -0.1) is 0 Å². The zero-order valence-electron chi connectivity index (χ0n) is 12.3. The van der Waals surface area contributed by atoms with Crippen molar-refractivity contribution in [1.29, 1.82) is 0 Å². The van der Waals surface area contributed by atoms with Crippen LogP contribution < -0.4 is 10.6 Å². The molecule has 0 aliphatic rings. The maximum Gasteiger partial charge on any atom is 0.137 e. The van der Waals surface area contributed by atoms with E-state index in [1.165, 1.54) is 5.69 Å². The Bertz CT molecular complexity index is 523. The van der Waals surface area contributed by atoms with E-state index in [1.807, 2.05) is 25.3 Å². The molecule has 0 aliphatic carbocycles. The van der Waals surface area contributed by atoms with Crippen LogP contribution in [0.5, 0.6) is 0 Å². The number of benzene rings is 1. The second-order valence-corrected chi connectivity index (χ2v) is 5.05. The number of nitrogens with zero attached hydrogens (tertiary/aromatic N) is 2. The van der Waals surface area contributed by atoms with Crippen LogP contribution >= 0.6 is 0 Å². The molecule has 0 amide bonds. The quantitative estimate of drug-likeness (QED) is 0.860. The van der Waals surface area contributed by atoms with Gasteiger partial charge in [-0.05, 0) is 31.5 Å². The van der Waals surface area contributed by atoms with Gasteiger partial charge in [0.1, 0.15) is 5.82 Å². The first-order valence-corrected chi connectivity index (χ1v) is 7.27. The molecule has 1 unspecified atom stereocenters. The van der Waals surface area contributed by atoms with E-state index in [0.717, 1.165) is 30.8 Å². The van der Waals surface area contributed by atoms with Gasteiger partial charge < -0.3 is 10.6 Å². The minimum Gasteiger partial charge on any atom is -0.326 e. The molecule has 1 aromatic heterocycles. The average Bonchev–Trinajstić information content (AvgIpc) is 2.49. The highest BCUT2D eigenvalue weighted by atomic mass is 15.2. The number of hydrogen-bond acceptors (Lipinski definition) is 3. The van der Waals surface area contributed by atoms with Crippen LogP contribution in [0.15, 0.2) is 48.7 Å². The molecule has 0 radical (unpaired) electrons. The van der Waals surface area contributed by atoms with Gasteiger partial charge >= 0.3 is 0 Å². The molecule has 2 aromatic rings. The lowest BCUT2D eigenvalue weighted by Crippen LogP contribution is -2.22. The Hall–Kier alpha value is -1.87. The molecule has 1 atom stereocenters. The van der Waals surface area contributed by atoms with Gasteiger partial charge in [0.15, 0.2) is 0 Å². The Labute approximate surface area is 121 Å². The summed E-state index contributed by atoms with van der Waals surface area (Å²) in [7, 11) is 0. The first-order chi connectivity index (χ1) is 9.74. The molecule has 106 valence electrons. The van der Waals surface area contributed by atoms with Crippen LogP contribution in [0, 0.1) is 0 Å². The standard InChI is InChI=1S/C17H23N3/c1-3-4-13-20(15-9-6-5-7-10-15)17-16(14(2)18)11-8-12-19-17/h5-12,14H,3-4,13,18H2,1-2H3. The van der Waals surface area contributed by atoms with E-state index < -0.39 is 0 Å². The van der Waals surface area contributed by atoms with Gasteiger partial charge in [0.05, 0.1) is 0 Å². The van der Waals surface area contributed by atoms with E-state index in [9.17, 15) is 0 Å². The van der Waals surface area contributed by atoms with Gasteiger partial charge in [0, 0.05) is 30.0 Å². The number of anilines is 2. The van der Waals surface area contributed by atoms with Crippen LogP contribution in [-0.4, -0.2) is 11.5 Å². The van der Waals surface area contributed by atoms with E-state index in [2.05, 4.69) is 47.1 Å². The maximum atomic E-state index is 6.09. The molecular weight excluding hydrogens is 246 g/mol. The van der Waals surface area contributed by atoms with Crippen molar-refractivity contribution in [1.82, 2.24) is 4.98 Å². The number of nitrogens with two attached hydrogens (primary N) is 1. The molecule has 20 heavy (non-hydrogen) atoms. The SMILES string of the molecule is CCCCN(c1ccccc1)c1ncccc1C(C)N. The van der Waals surface area contributed by atoms with E-state index in [0.29, 0.717) is 0 Å². The monoisotopic (exact) mass is 269 g/mol. The molecule has 2 rings (SSSR count). The second-order valence-electron chi connectivity index (χ2n) is 5.05. The summed E-state index contributed by atoms with van der Waals surface area (Å²) in [5.41, 5.74) is 8.35. The summed E-state index contributed by atoms with van der Waals surface area (Å²) in [6.45, 7) is 5.16. The van der Waals surface area contributed by atoms with Crippen LogP contribution in [0.4, 0.5) is 11.5 Å². The zero-order valence-corrected chi connectivity index (χ0v) is 12.3. The average molecular weight is 269 g/mol. The Morgan fingerprint density at radius 2 is 1.90 bits per heavy atom. The Kier molecular flexibility index (Phi) is 5.13. The first kappa shape index (κ1) is 14.5. The molecule has 0 bridgehead atoms. The third kappa shape index (κ3) is 3.36. The van der Waals surface area contributed by atoms with E-state index in [1.54, 1.807) is 0 Å². The number of rotatable bonds is 6. The summed E-state index contributed by atoms with van der Waals surface area (Å²) >= 11 is 0. The van der Waals surface area contributed by atoms with Crippen molar-refractivity contribution >= 4 is 11.5 Å². The minimum absolute atomic E-state index is 0.0217. The highest BCUT2D eigenvalue weighted by Crippen LogP contribution is 2.29. The van der Waals surface area contributed by atoms with Crippen molar-refractivity contribution in [2.45, 2.75) is 32.7 Å². The van der Waals surface area contributed by atoms with E-state index in [-0.39, 0.29) is 6.04 Å². The Balaban J connectivity index is 2.41. The van der Waals surface area contributed by atoms with Crippen LogP contribution in [0.2, 0.25) is 0 Å². The second kappa shape index (κ2) is 7.06. The molecule has 1 aromatic carbocycles. The zero-order chi connectivity index (χ0) is 14.4. The summed E-state index contributed by atoms with van der Waals surface area (Å²) in [5.74, 6) is 0.974. The Morgan fingerprint density at radius 3 is 2.55 bits per heavy atom. The predicted octanol–water partition coefficient (Wildman–Crippen LogP) is 4.04. The van der Waals surface area contributed by atoms with Crippen LogP contribution in [0.1, 0.15) is 38.3 Å². The van der Waals surface area contributed by atoms with Crippen molar-refractivity contribution in [3.05, 3.63) is 54.2 Å². The summed E-state index contributed by atoms with van der Waals surface area (Å²) in [4.78, 5) is 6.84. The number of hydrogen-bond donors (Lipinski definition) is 1. The van der Waals surface area contributed by atoms with Crippen molar-refractivity contribution in [2.75, 3.05) is 11.4 Å². The van der Waals surface area contributed by atoms with Gasteiger partial charge in [-0.3, -0.25) is 0 Å². The molecule has 0 saturated heterocycles. The normalized spacial score (nSPS) is 12.2. The summed E-state index contributed by atoms with van der Waals surface area (Å²) in [5, 5.41) is 0. The molecule has 0 aliphatic heterocycles. The third-order valence-electron chi connectivity index (χ3n) is 3.37. The topological polar surface area (TPSA) is 42.2 Å². The minimum atomic E-state index is -0.0217. The highest BCUT2D eigenvalue weighted by Gasteiger charge is 2.16. The number of pyridine rings is 1. The Morgan fingerprint density at radius 1 is 1.15 bits per heavy atom. The first-order valence-electron chi connectivity index (χ1n) is 7.27. The van der Waals surface area contributed by atoms with Crippen LogP contribution in [-0.2, 0) is 0 Å². The fourth-order valence-electron chi connectivity index (χ4n) is 2.27. The molecule has 0 spiro atoms. The van der Waals surface area contributed by atoms with Gasteiger partial charge in [0.2, 0.25) is 0 Å². The van der Waals surface area contributed by atoms with Gasteiger partial charge in [0.25, 0.3) is 0 Å². The van der Waals surface area contributed by atoms with E-state index in [4.69, 9.17) is 5.73 Å². The summed E-state index contributed by atoms with van der Waals surface area (Å²) < 4.78 is 0. The van der Waals surface area contributed by atoms with Crippen LogP contribution in [0.25, 0.3) is 0 Å². The fraction of sp³-hybridized carbons (Fsp3) is 0.353. The van der Waals surface area contributed by atoms with Crippen molar-refractivity contribution in [3.63, 3.8) is 0 Å². The lowest BCUT2D eigenvalue weighted by atomic mass is 10.1. The predicted molar refractivity (Wildman–Crippen MR) is 85.2 cm³/mol. The van der Waals surface area contributed by atoms with Crippen molar-refractivity contribution < 1.29 is 0 Å². The van der Waals surface area contributed by atoms with Gasteiger partial charge in [-0.25, -0.2) is 4.98 Å². The molecule has 0 saturated carbocycles. The largest absolute Gasteiger partial charge is 0.326 e. The number of unbranched alkanes of at least 4 members (excludes halogenated alkanes) is 1. The number of para-hydroxylation sites is 1. The molecule has 3 nitrogen and oxygen atoms in total. The van der Waals surface area contributed by atoms with Crippen LogP contribution in [0.3, 0.4) is 0 Å². The third-order valence-corrected chi connectivity index (χ3v) is 3.37. The molecule has 1 heterocycles. The molecule has 0 fully saturated rings. The molecular formula is C17H23N3. The van der Waals surface area contributed by atoms with E-state index >= 15 is 0 Å². The smallest absolute Gasteiger partial charge is 0.137 e. The summed E-state index contributed by atoms with van der Waals surface area (Å²) in [6.07, 6.45) is 4.12. The fourth-order valence-corrected chi connectivity index (χ4v) is 2.27.